The Morgan fingerprint density at radius 3 is 2.48 bits per heavy atom. The highest BCUT2D eigenvalue weighted by molar-refractivity contribution is 6.30. The number of methoxy groups -OCH3 is 1. The quantitative estimate of drug-likeness (QED) is 0.850. The summed E-state index contributed by atoms with van der Waals surface area (Å²) in [5, 5.41) is 2.51. The predicted octanol–water partition coefficient (Wildman–Crippen LogP) is 3.28. The van der Waals surface area contributed by atoms with Crippen LogP contribution in [0.2, 0.25) is 5.02 Å². The van der Waals surface area contributed by atoms with Crippen molar-refractivity contribution in [3.63, 3.8) is 0 Å². The van der Waals surface area contributed by atoms with E-state index in [0.29, 0.717) is 5.75 Å². The van der Waals surface area contributed by atoms with E-state index in [2.05, 4.69) is 5.32 Å². The van der Waals surface area contributed by atoms with Gasteiger partial charge >= 0.3 is 5.97 Å². The number of anilines is 1. The van der Waals surface area contributed by atoms with Gasteiger partial charge in [0.25, 0.3) is 5.91 Å². The maximum atomic E-state index is 13.5. The zero-order valence-electron chi connectivity index (χ0n) is 12.1. The van der Waals surface area contributed by atoms with Gasteiger partial charge in [-0.1, -0.05) is 11.6 Å². The number of ether oxygens (including phenoxy) is 2. The molecule has 0 aliphatic carbocycles. The molecule has 0 unspecified atom stereocenters. The molecule has 0 aromatic heterocycles. The second-order valence-corrected chi connectivity index (χ2v) is 4.91. The number of rotatable bonds is 5. The largest absolute Gasteiger partial charge is 0.497 e. The molecule has 2 aromatic rings. The van der Waals surface area contributed by atoms with Crippen molar-refractivity contribution in [1.82, 2.24) is 0 Å². The minimum atomic E-state index is -0.674. The van der Waals surface area contributed by atoms with Crippen LogP contribution >= 0.6 is 11.6 Å². The fraction of sp³-hybridized carbons (Fsp3) is 0.125. The third kappa shape index (κ3) is 4.69. The Labute approximate surface area is 137 Å². The number of hydrogen-bond acceptors (Lipinski definition) is 4. The molecule has 1 amide bonds. The maximum Gasteiger partial charge on any atom is 0.338 e. The Balaban J connectivity index is 1.89. The molecule has 120 valence electrons. The third-order valence-electron chi connectivity index (χ3n) is 2.87. The Morgan fingerprint density at radius 1 is 1.17 bits per heavy atom. The molecule has 0 bridgehead atoms. The number of benzene rings is 2. The monoisotopic (exact) mass is 337 g/mol. The van der Waals surface area contributed by atoms with Crippen LogP contribution < -0.4 is 10.1 Å². The minimum absolute atomic E-state index is 0.0418. The number of nitrogens with one attached hydrogen (secondary N) is 1. The zero-order valence-corrected chi connectivity index (χ0v) is 12.9. The Hall–Kier alpha value is -2.60. The lowest BCUT2D eigenvalue weighted by atomic mass is 10.2. The van der Waals surface area contributed by atoms with Crippen LogP contribution in [-0.4, -0.2) is 25.6 Å². The number of carbonyl (C=O) groups excluding carboxylic acids is 2. The summed E-state index contributed by atoms with van der Waals surface area (Å²) < 4.78 is 23.4. The molecule has 0 saturated heterocycles. The first-order chi connectivity index (χ1) is 11.0. The fourth-order valence-corrected chi connectivity index (χ4v) is 1.88. The van der Waals surface area contributed by atoms with E-state index in [1.807, 2.05) is 0 Å². The van der Waals surface area contributed by atoms with Crippen LogP contribution in [0, 0.1) is 5.82 Å². The van der Waals surface area contributed by atoms with Gasteiger partial charge in [0.2, 0.25) is 0 Å². The van der Waals surface area contributed by atoms with Crippen LogP contribution in [0.25, 0.3) is 0 Å². The number of amides is 1. The second kappa shape index (κ2) is 7.60. The standard InChI is InChI=1S/C16H13ClFNO4/c1-22-12-5-2-10(3-6-12)16(21)23-9-15(20)19-14-7-4-11(17)8-13(14)18/h2-8H,9H2,1H3,(H,19,20). The van der Waals surface area contributed by atoms with Gasteiger partial charge in [0.05, 0.1) is 18.4 Å². The van der Waals surface area contributed by atoms with Crippen LogP contribution in [0.3, 0.4) is 0 Å². The lowest BCUT2D eigenvalue weighted by molar-refractivity contribution is -0.119. The molecule has 0 aliphatic heterocycles. The van der Waals surface area contributed by atoms with Crippen LogP contribution in [0.5, 0.6) is 5.75 Å². The molecule has 0 fully saturated rings. The molecule has 23 heavy (non-hydrogen) atoms. The van der Waals surface area contributed by atoms with Crippen LogP contribution in [0.1, 0.15) is 10.4 Å². The van der Waals surface area contributed by atoms with Gasteiger partial charge in [0.1, 0.15) is 11.6 Å². The van der Waals surface area contributed by atoms with E-state index in [4.69, 9.17) is 21.1 Å². The van der Waals surface area contributed by atoms with Crippen molar-refractivity contribution < 1.29 is 23.5 Å². The van der Waals surface area contributed by atoms with E-state index in [9.17, 15) is 14.0 Å². The maximum absolute atomic E-state index is 13.5. The first-order valence-corrected chi connectivity index (χ1v) is 6.93. The lowest BCUT2D eigenvalue weighted by Gasteiger charge is -2.08. The molecule has 7 heteroatoms. The van der Waals surface area contributed by atoms with Crippen LogP contribution in [0.4, 0.5) is 10.1 Å². The average molecular weight is 338 g/mol. The topological polar surface area (TPSA) is 64.6 Å². The molecule has 0 aliphatic rings. The summed E-state index contributed by atoms with van der Waals surface area (Å²) in [6, 6.07) is 10.0. The molecule has 5 nitrogen and oxygen atoms in total. The number of esters is 1. The summed E-state index contributed by atoms with van der Waals surface area (Å²) in [6.45, 7) is -0.535. The van der Waals surface area contributed by atoms with E-state index in [1.165, 1.54) is 31.4 Å². The van der Waals surface area contributed by atoms with Gasteiger partial charge in [-0.15, -0.1) is 0 Å². The van der Waals surface area contributed by atoms with E-state index >= 15 is 0 Å². The SMILES string of the molecule is COc1ccc(C(=O)OCC(=O)Nc2ccc(Cl)cc2F)cc1. The summed E-state index contributed by atoms with van der Waals surface area (Å²) in [5.41, 5.74) is 0.233. The molecular weight excluding hydrogens is 325 g/mol. The summed E-state index contributed by atoms with van der Waals surface area (Å²) in [7, 11) is 1.51. The predicted molar refractivity (Wildman–Crippen MR) is 83.3 cm³/mol. The third-order valence-corrected chi connectivity index (χ3v) is 3.10. The summed E-state index contributed by atoms with van der Waals surface area (Å²) >= 11 is 5.61. The molecule has 0 spiro atoms. The number of hydrogen-bond donors (Lipinski definition) is 1. The zero-order chi connectivity index (χ0) is 16.8. The fourth-order valence-electron chi connectivity index (χ4n) is 1.72. The molecule has 0 radical (unpaired) electrons. The Kier molecular flexibility index (Phi) is 5.54. The van der Waals surface area contributed by atoms with Gasteiger partial charge < -0.3 is 14.8 Å². The van der Waals surface area contributed by atoms with E-state index < -0.39 is 24.3 Å². The smallest absolute Gasteiger partial charge is 0.338 e. The van der Waals surface area contributed by atoms with Crippen LogP contribution in [0.15, 0.2) is 42.5 Å². The van der Waals surface area contributed by atoms with Crippen molar-refractivity contribution in [3.8, 4) is 5.75 Å². The van der Waals surface area contributed by atoms with Crippen molar-refractivity contribution >= 4 is 29.2 Å². The number of carbonyl (C=O) groups is 2. The first kappa shape index (κ1) is 16.8. The highest BCUT2D eigenvalue weighted by Crippen LogP contribution is 2.18. The Morgan fingerprint density at radius 2 is 1.87 bits per heavy atom. The number of halogens is 2. The summed E-state index contributed by atoms with van der Waals surface area (Å²) in [5.74, 6) is -1.41. The van der Waals surface area contributed by atoms with Crippen molar-refractivity contribution in [3.05, 3.63) is 58.9 Å². The highest BCUT2D eigenvalue weighted by atomic mass is 35.5. The minimum Gasteiger partial charge on any atom is -0.497 e. The van der Waals surface area contributed by atoms with Gasteiger partial charge in [0.15, 0.2) is 6.61 Å². The molecular formula is C16H13ClFNO4. The molecule has 2 rings (SSSR count). The second-order valence-electron chi connectivity index (χ2n) is 4.48. The highest BCUT2D eigenvalue weighted by Gasteiger charge is 2.12. The molecule has 0 heterocycles. The normalized spacial score (nSPS) is 10.0. The van der Waals surface area contributed by atoms with Gasteiger partial charge in [-0.25, -0.2) is 9.18 Å². The van der Waals surface area contributed by atoms with Gasteiger partial charge in [-0.05, 0) is 42.5 Å². The Bertz CT molecular complexity index is 719. The summed E-state index contributed by atoms with van der Waals surface area (Å²) in [6.07, 6.45) is 0. The van der Waals surface area contributed by atoms with Gasteiger partial charge in [-0.2, -0.15) is 0 Å². The lowest BCUT2D eigenvalue weighted by Crippen LogP contribution is -2.21. The van der Waals surface area contributed by atoms with Crippen molar-refractivity contribution in [2.24, 2.45) is 0 Å². The van der Waals surface area contributed by atoms with Gasteiger partial charge in [0, 0.05) is 5.02 Å². The molecule has 1 N–H and O–H groups in total. The van der Waals surface area contributed by atoms with Crippen LogP contribution in [-0.2, 0) is 9.53 Å². The average Bonchev–Trinajstić information content (AvgIpc) is 2.55. The van der Waals surface area contributed by atoms with E-state index in [-0.39, 0.29) is 16.3 Å². The summed E-state index contributed by atoms with van der Waals surface area (Å²) in [4.78, 5) is 23.5. The first-order valence-electron chi connectivity index (χ1n) is 6.55. The van der Waals surface area contributed by atoms with Crippen molar-refractivity contribution in [1.29, 1.82) is 0 Å². The van der Waals surface area contributed by atoms with Crippen molar-refractivity contribution in [2.75, 3.05) is 19.0 Å². The van der Waals surface area contributed by atoms with E-state index in [1.54, 1.807) is 12.1 Å². The molecule has 0 saturated carbocycles. The molecule has 0 atom stereocenters. The van der Waals surface area contributed by atoms with Gasteiger partial charge in [-0.3, -0.25) is 4.79 Å². The molecule has 2 aromatic carbocycles. The van der Waals surface area contributed by atoms with E-state index in [0.717, 1.165) is 6.07 Å². The van der Waals surface area contributed by atoms with Crippen molar-refractivity contribution in [2.45, 2.75) is 0 Å².